The van der Waals surface area contributed by atoms with Crippen LogP contribution < -0.4 is 4.90 Å². The fourth-order valence-electron chi connectivity index (χ4n) is 10.9. The Morgan fingerprint density at radius 2 is 0.831 bits per heavy atom. The molecule has 0 N–H and O–H groups in total. The lowest BCUT2D eigenvalue weighted by Crippen LogP contribution is -2.10. The van der Waals surface area contributed by atoms with Gasteiger partial charge in [0.2, 0.25) is 0 Å². The summed E-state index contributed by atoms with van der Waals surface area (Å²) in [5.74, 6) is 0. The summed E-state index contributed by atoms with van der Waals surface area (Å²) < 4.78 is 9.56. The SMILES string of the molecule is c1ccc(-c2cccc3sc4ccccc4c23)c(-c2ccc(N(c3ccc(-c4ccc(-c5ccc6ccccc6c5)cc4)cc3)c3ccc(-c4cccc5ccccc45)c4oc5ccccc5c34)cc2)c1. The molecule has 0 aliphatic rings. The van der Waals surface area contributed by atoms with Gasteiger partial charge in [-0.3, -0.25) is 0 Å². The van der Waals surface area contributed by atoms with Crippen LogP contribution in [0.15, 0.2) is 265 Å². The van der Waals surface area contributed by atoms with Gasteiger partial charge in [-0.25, -0.2) is 0 Å². The van der Waals surface area contributed by atoms with E-state index in [1.165, 1.54) is 75.1 Å². The quantitative estimate of drug-likeness (QED) is 0.151. The third-order valence-electron chi connectivity index (χ3n) is 14.3. The Balaban J connectivity index is 0.905. The van der Waals surface area contributed by atoms with Crippen molar-refractivity contribution in [1.29, 1.82) is 0 Å². The van der Waals surface area contributed by atoms with Gasteiger partial charge in [-0.2, -0.15) is 0 Å². The van der Waals surface area contributed by atoms with E-state index in [0.29, 0.717) is 0 Å². The number of para-hydroxylation sites is 1. The predicted octanol–water partition coefficient (Wildman–Crippen LogP) is 20.1. The van der Waals surface area contributed by atoms with E-state index in [4.69, 9.17) is 4.42 Å². The van der Waals surface area contributed by atoms with Crippen LogP contribution in [-0.4, -0.2) is 0 Å². The second-order valence-corrected chi connectivity index (χ2v) is 19.4. The van der Waals surface area contributed by atoms with E-state index in [1.807, 2.05) is 11.3 Å². The first-order valence-corrected chi connectivity index (χ1v) is 25.0. The number of rotatable bonds is 8. The number of hydrogen-bond acceptors (Lipinski definition) is 3. The number of hydrogen-bond donors (Lipinski definition) is 0. The fourth-order valence-corrected chi connectivity index (χ4v) is 12.0. The van der Waals surface area contributed by atoms with Crippen molar-refractivity contribution < 1.29 is 4.42 Å². The minimum atomic E-state index is 0.860. The van der Waals surface area contributed by atoms with E-state index in [2.05, 4.69) is 266 Å². The summed E-state index contributed by atoms with van der Waals surface area (Å²) in [6.45, 7) is 0. The van der Waals surface area contributed by atoms with Crippen LogP contribution in [0.5, 0.6) is 0 Å². The Hall–Kier alpha value is -9.02. The molecular formula is C68H43NOS. The number of benzene rings is 12. The zero-order chi connectivity index (χ0) is 46.8. The van der Waals surface area contributed by atoms with Gasteiger partial charge in [0.25, 0.3) is 0 Å². The topological polar surface area (TPSA) is 16.4 Å². The molecule has 14 rings (SSSR count). The van der Waals surface area contributed by atoms with Gasteiger partial charge in [0.1, 0.15) is 11.2 Å². The van der Waals surface area contributed by atoms with E-state index in [9.17, 15) is 0 Å². The average Bonchev–Trinajstić information content (AvgIpc) is 4.03. The van der Waals surface area contributed by atoms with E-state index in [-0.39, 0.29) is 0 Å². The lowest BCUT2D eigenvalue weighted by atomic mass is 9.92. The smallest absolute Gasteiger partial charge is 0.145 e. The molecule has 2 nitrogen and oxygen atoms in total. The number of nitrogens with zero attached hydrogens (tertiary/aromatic N) is 1. The average molecular weight is 922 g/mol. The van der Waals surface area contributed by atoms with Gasteiger partial charge in [-0.15, -0.1) is 11.3 Å². The number of fused-ring (bicyclic) bond motifs is 8. The van der Waals surface area contributed by atoms with Crippen molar-refractivity contribution in [2.24, 2.45) is 0 Å². The fraction of sp³-hybridized carbons (Fsp3) is 0. The zero-order valence-electron chi connectivity index (χ0n) is 38.6. The molecule has 12 aromatic carbocycles. The maximum absolute atomic E-state index is 6.95. The highest BCUT2D eigenvalue weighted by Crippen LogP contribution is 2.48. The third kappa shape index (κ3) is 7.01. The first-order chi connectivity index (χ1) is 35.2. The van der Waals surface area contributed by atoms with Crippen molar-refractivity contribution >= 4 is 92.1 Å². The molecule has 0 aliphatic carbocycles. The number of anilines is 3. The van der Waals surface area contributed by atoms with Crippen LogP contribution in [0.1, 0.15) is 0 Å². The second kappa shape index (κ2) is 16.9. The predicted molar refractivity (Wildman–Crippen MR) is 303 cm³/mol. The maximum atomic E-state index is 6.95. The van der Waals surface area contributed by atoms with Gasteiger partial charge < -0.3 is 9.32 Å². The molecule has 2 heterocycles. The van der Waals surface area contributed by atoms with E-state index in [0.717, 1.165) is 61.3 Å². The minimum absolute atomic E-state index is 0.860. The van der Waals surface area contributed by atoms with Crippen LogP contribution >= 0.6 is 11.3 Å². The standard InChI is InChI=1S/C68H43NOS/c1-2-15-50-43-51(32-31-44(50)13-1)47-29-27-45(28-30-47)46-33-37-52(38-34-46)69(62-42-41-59(57-22-11-16-48-14-3-4-17-54(48)57)68-67(62)60-20-7-9-24-63(60)70-68)53-39-35-49(36-40-53)55-18-5-6-19-56(55)58-23-12-26-65-66(58)61-21-8-10-25-64(61)71-65/h1-43H. The summed E-state index contributed by atoms with van der Waals surface area (Å²) >= 11 is 1.86. The summed E-state index contributed by atoms with van der Waals surface area (Å²) in [5, 5.41) is 9.67. The number of thiophene rings is 1. The van der Waals surface area contributed by atoms with Gasteiger partial charge in [0, 0.05) is 42.5 Å². The van der Waals surface area contributed by atoms with Crippen LogP contribution in [0.25, 0.3) is 119 Å². The van der Waals surface area contributed by atoms with Crippen molar-refractivity contribution in [3.05, 3.63) is 261 Å². The number of furan rings is 1. The molecule has 332 valence electrons. The summed E-state index contributed by atoms with van der Waals surface area (Å²) in [6.07, 6.45) is 0. The molecule has 0 fully saturated rings. The molecular weight excluding hydrogens is 879 g/mol. The Morgan fingerprint density at radius 3 is 1.62 bits per heavy atom. The van der Waals surface area contributed by atoms with Crippen molar-refractivity contribution in [1.82, 2.24) is 0 Å². The van der Waals surface area contributed by atoms with Crippen molar-refractivity contribution in [3.8, 4) is 55.6 Å². The monoisotopic (exact) mass is 921 g/mol. The summed E-state index contributed by atoms with van der Waals surface area (Å²) in [6, 6.07) is 94.8. The normalized spacial score (nSPS) is 11.7. The Kier molecular flexibility index (Phi) is 9.75. The van der Waals surface area contributed by atoms with Gasteiger partial charge in [-0.1, -0.05) is 200 Å². The molecule has 0 amide bonds. The van der Waals surface area contributed by atoms with Crippen LogP contribution in [0.3, 0.4) is 0 Å². The molecule has 3 heteroatoms. The van der Waals surface area contributed by atoms with E-state index >= 15 is 0 Å². The van der Waals surface area contributed by atoms with Gasteiger partial charge in [0.05, 0.1) is 11.1 Å². The molecule has 0 unspecified atom stereocenters. The molecule has 0 bridgehead atoms. The van der Waals surface area contributed by atoms with Crippen LogP contribution in [0.4, 0.5) is 17.1 Å². The van der Waals surface area contributed by atoms with E-state index in [1.54, 1.807) is 0 Å². The maximum Gasteiger partial charge on any atom is 0.145 e. The Labute approximate surface area is 415 Å². The lowest BCUT2D eigenvalue weighted by molar-refractivity contribution is 0.670. The third-order valence-corrected chi connectivity index (χ3v) is 15.4. The molecule has 0 atom stereocenters. The van der Waals surface area contributed by atoms with Gasteiger partial charge >= 0.3 is 0 Å². The lowest BCUT2D eigenvalue weighted by Gasteiger charge is -2.27. The molecule has 0 aliphatic heterocycles. The summed E-state index contributed by atoms with van der Waals surface area (Å²) in [5.41, 5.74) is 16.7. The first kappa shape index (κ1) is 41.0. The molecule has 71 heavy (non-hydrogen) atoms. The molecule has 14 aromatic rings. The molecule has 0 saturated carbocycles. The van der Waals surface area contributed by atoms with Crippen LogP contribution in [0, 0.1) is 0 Å². The molecule has 0 radical (unpaired) electrons. The molecule has 2 aromatic heterocycles. The van der Waals surface area contributed by atoms with E-state index < -0.39 is 0 Å². The van der Waals surface area contributed by atoms with Crippen molar-refractivity contribution in [2.75, 3.05) is 4.90 Å². The summed E-state index contributed by atoms with van der Waals surface area (Å²) in [4.78, 5) is 2.40. The summed E-state index contributed by atoms with van der Waals surface area (Å²) in [7, 11) is 0. The van der Waals surface area contributed by atoms with Crippen molar-refractivity contribution in [2.45, 2.75) is 0 Å². The van der Waals surface area contributed by atoms with Gasteiger partial charge in [-0.05, 0) is 132 Å². The van der Waals surface area contributed by atoms with Crippen molar-refractivity contribution in [3.63, 3.8) is 0 Å². The highest BCUT2D eigenvalue weighted by molar-refractivity contribution is 7.25. The Morgan fingerprint density at radius 1 is 0.296 bits per heavy atom. The first-order valence-electron chi connectivity index (χ1n) is 24.2. The zero-order valence-corrected chi connectivity index (χ0v) is 39.4. The largest absolute Gasteiger partial charge is 0.455 e. The highest BCUT2D eigenvalue weighted by Gasteiger charge is 2.23. The molecule has 0 saturated heterocycles. The highest BCUT2D eigenvalue weighted by atomic mass is 32.1. The second-order valence-electron chi connectivity index (χ2n) is 18.4. The minimum Gasteiger partial charge on any atom is -0.455 e. The Bertz CT molecular complexity index is 4330. The molecule has 0 spiro atoms. The van der Waals surface area contributed by atoms with Crippen LogP contribution in [-0.2, 0) is 0 Å². The van der Waals surface area contributed by atoms with Crippen LogP contribution in [0.2, 0.25) is 0 Å². The van der Waals surface area contributed by atoms with Gasteiger partial charge in [0.15, 0.2) is 0 Å².